The Labute approximate surface area is 112 Å². The lowest BCUT2D eigenvalue weighted by Gasteiger charge is -2.21. The lowest BCUT2D eigenvalue weighted by Crippen LogP contribution is -2.21. The standard InChI is InChI=1S/C16H28N2/c1-4-7-8-9-14-17-15-10-12-16(13-11-15)18(5-2)6-3/h10-13,17H,4-9,14H2,1-3H3. The van der Waals surface area contributed by atoms with Gasteiger partial charge in [0, 0.05) is 31.0 Å². The first kappa shape index (κ1) is 14.9. The minimum absolute atomic E-state index is 1.07. The first-order chi connectivity index (χ1) is 8.81. The third-order valence-electron chi connectivity index (χ3n) is 3.36. The lowest BCUT2D eigenvalue weighted by atomic mass is 10.2. The third-order valence-corrected chi connectivity index (χ3v) is 3.36. The van der Waals surface area contributed by atoms with Gasteiger partial charge in [-0.2, -0.15) is 0 Å². The van der Waals surface area contributed by atoms with E-state index in [1.807, 2.05) is 0 Å². The van der Waals surface area contributed by atoms with Crippen LogP contribution in [0.15, 0.2) is 24.3 Å². The summed E-state index contributed by atoms with van der Waals surface area (Å²) in [5.41, 5.74) is 2.55. The van der Waals surface area contributed by atoms with E-state index in [2.05, 4.69) is 55.3 Å². The Morgan fingerprint density at radius 1 is 0.889 bits per heavy atom. The third kappa shape index (κ3) is 4.99. The number of unbranched alkanes of at least 4 members (excludes halogenated alkanes) is 3. The van der Waals surface area contributed by atoms with Crippen LogP contribution in [-0.2, 0) is 0 Å². The topological polar surface area (TPSA) is 15.3 Å². The summed E-state index contributed by atoms with van der Waals surface area (Å²) in [7, 11) is 0. The first-order valence-corrected chi connectivity index (χ1v) is 7.40. The summed E-state index contributed by atoms with van der Waals surface area (Å²) in [6, 6.07) is 8.80. The van der Waals surface area contributed by atoms with Gasteiger partial charge < -0.3 is 10.2 Å². The molecule has 0 aliphatic rings. The highest BCUT2D eigenvalue weighted by molar-refractivity contribution is 5.54. The van der Waals surface area contributed by atoms with Gasteiger partial charge in [-0.1, -0.05) is 26.2 Å². The van der Waals surface area contributed by atoms with Gasteiger partial charge >= 0.3 is 0 Å². The summed E-state index contributed by atoms with van der Waals surface area (Å²) >= 11 is 0. The van der Waals surface area contributed by atoms with Crippen LogP contribution in [0.4, 0.5) is 11.4 Å². The maximum absolute atomic E-state index is 3.49. The van der Waals surface area contributed by atoms with E-state index in [0.717, 1.165) is 19.6 Å². The molecule has 0 aliphatic carbocycles. The molecule has 1 N–H and O–H groups in total. The van der Waals surface area contributed by atoms with Gasteiger partial charge in [0.05, 0.1) is 0 Å². The highest BCUT2D eigenvalue weighted by Crippen LogP contribution is 2.17. The second-order valence-electron chi connectivity index (χ2n) is 4.71. The summed E-state index contributed by atoms with van der Waals surface area (Å²) in [5.74, 6) is 0. The maximum Gasteiger partial charge on any atom is 0.0367 e. The molecule has 0 fully saturated rings. The maximum atomic E-state index is 3.49. The van der Waals surface area contributed by atoms with Crippen molar-refractivity contribution in [2.75, 3.05) is 29.9 Å². The molecule has 0 aromatic heterocycles. The minimum atomic E-state index is 1.07. The van der Waals surface area contributed by atoms with Gasteiger partial charge in [0.25, 0.3) is 0 Å². The van der Waals surface area contributed by atoms with Crippen molar-refractivity contribution in [3.63, 3.8) is 0 Å². The molecule has 2 heteroatoms. The van der Waals surface area contributed by atoms with Crippen molar-refractivity contribution in [2.24, 2.45) is 0 Å². The number of nitrogens with zero attached hydrogens (tertiary/aromatic N) is 1. The summed E-state index contributed by atoms with van der Waals surface area (Å²) in [5, 5.41) is 3.49. The van der Waals surface area contributed by atoms with Crippen LogP contribution in [0, 0.1) is 0 Å². The van der Waals surface area contributed by atoms with Gasteiger partial charge in [0.1, 0.15) is 0 Å². The van der Waals surface area contributed by atoms with Gasteiger partial charge in [-0.05, 0) is 44.5 Å². The van der Waals surface area contributed by atoms with Gasteiger partial charge in [-0.3, -0.25) is 0 Å². The second kappa shape index (κ2) is 8.84. The fraction of sp³-hybridized carbons (Fsp3) is 0.625. The van der Waals surface area contributed by atoms with E-state index in [1.54, 1.807) is 0 Å². The average molecular weight is 248 g/mol. The van der Waals surface area contributed by atoms with Gasteiger partial charge in [0.15, 0.2) is 0 Å². The van der Waals surface area contributed by atoms with Crippen LogP contribution in [0.2, 0.25) is 0 Å². The summed E-state index contributed by atoms with van der Waals surface area (Å²) in [4.78, 5) is 2.37. The molecule has 0 heterocycles. The molecule has 1 aromatic carbocycles. The van der Waals surface area contributed by atoms with Gasteiger partial charge in [0.2, 0.25) is 0 Å². The van der Waals surface area contributed by atoms with Gasteiger partial charge in [-0.15, -0.1) is 0 Å². The molecule has 0 saturated heterocycles. The lowest BCUT2D eigenvalue weighted by molar-refractivity contribution is 0.685. The number of hydrogen-bond acceptors (Lipinski definition) is 2. The molecule has 0 spiro atoms. The molecule has 0 aliphatic heterocycles. The Morgan fingerprint density at radius 3 is 2.11 bits per heavy atom. The molecular weight excluding hydrogens is 220 g/mol. The highest BCUT2D eigenvalue weighted by atomic mass is 15.1. The number of anilines is 2. The van der Waals surface area contributed by atoms with E-state index < -0.39 is 0 Å². The molecular formula is C16H28N2. The SMILES string of the molecule is CCCCCCNc1ccc(N(CC)CC)cc1. The Bertz CT molecular complexity index is 301. The zero-order valence-electron chi connectivity index (χ0n) is 12.2. The number of benzene rings is 1. The van der Waals surface area contributed by atoms with Crippen LogP contribution in [0.3, 0.4) is 0 Å². The zero-order valence-corrected chi connectivity index (χ0v) is 12.2. The molecule has 0 amide bonds. The monoisotopic (exact) mass is 248 g/mol. The van der Waals surface area contributed by atoms with Crippen LogP contribution in [-0.4, -0.2) is 19.6 Å². The predicted octanol–water partition coefficient (Wildman–Crippen LogP) is 4.53. The molecule has 0 bridgehead atoms. The molecule has 2 nitrogen and oxygen atoms in total. The number of nitrogens with one attached hydrogen (secondary N) is 1. The number of hydrogen-bond donors (Lipinski definition) is 1. The minimum Gasteiger partial charge on any atom is -0.385 e. The Morgan fingerprint density at radius 2 is 1.56 bits per heavy atom. The molecule has 0 radical (unpaired) electrons. The number of rotatable bonds is 9. The van der Waals surface area contributed by atoms with Crippen molar-refractivity contribution < 1.29 is 0 Å². The fourth-order valence-electron chi connectivity index (χ4n) is 2.16. The van der Waals surface area contributed by atoms with Crippen molar-refractivity contribution >= 4 is 11.4 Å². The van der Waals surface area contributed by atoms with E-state index in [0.29, 0.717) is 0 Å². The van der Waals surface area contributed by atoms with Crippen molar-refractivity contribution in [1.29, 1.82) is 0 Å². The van der Waals surface area contributed by atoms with Crippen molar-refractivity contribution in [2.45, 2.75) is 46.5 Å². The van der Waals surface area contributed by atoms with Gasteiger partial charge in [-0.25, -0.2) is 0 Å². The smallest absolute Gasteiger partial charge is 0.0367 e. The largest absolute Gasteiger partial charge is 0.385 e. The molecule has 1 rings (SSSR count). The highest BCUT2D eigenvalue weighted by Gasteiger charge is 2.00. The Balaban J connectivity index is 2.35. The van der Waals surface area contributed by atoms with Crippen LogP contribution in [0.25, 0.3) is 0 Å². The molecule has 0 saturated carbocycles. The van der Waals surface area contributed by atoms with E-state index >= 15 is 0 Å². The predicted molar refractivity (Wildman–Crippen MR) is 82.6 cm³/mol. The second-order valence-corrected chi connectivity index (χ2v) is 4.71. The van der Waals surface area contributed by atoms with E-state index in [4.69, 9.17) is 0 Å². The van der Waals surface area contributed by atoms with Crippen molar-refractivity contribution in [3.8, 4) is 0 Å². The van der Waals surface area contributed by atoms with E-state index in [-0.39, 0.29) is 0 Å². The van der Waals surface area contributed by atoms with Crippen molar-refractivity contribution in [3.05, 3.63) is 24.3 Å². The molecule has 0 atom stereocenters. The zero-order chi connectivity index (χ0) is 13.2. The van der Waals surface area contributed by atoms with Crippen molar-refractivity contribution in [1.82, 2.24) is 0 Å². The average Bonchev–Trinajstić information content (AvgIpc) is 2.41. The summed E-state index contributed by atoms with van der Waals surface area (Å²) < 4.78 is 0. The van der Waals surface area contributed by atoms with E-state index in [9.17, 15) is 0 Å². The van der Waals surface area contributed by atoms with E-state index in [1.165, 1.54) is 37.1 Å². The normalized spacial score (nSPS) is 10.4. The summed E-state index contributed by atoms with van der Waals surface area (Å²) in [6.45, 7) is 9.87. The molecule has 0 unspecified atom stereocenters. The van der Waals surface area contributed by atoms with Crippen LogP contribution in [0.5, 0.6) is 0 Å². The Kier molecular flexibility index (Phi) is 7.31. The summed E-state index contributed by atoms with van der Waals surface area (Å²) in [6.07, 6.45) is 5.26. The Hall–Kier alpha value is -1.18. The quantitative estimate of drug-likeness (QED) is 0.646. The fourth-order valence-corrected chi connectivity index (χ4v) is 2.16. The first-order valence-electron chi connectivity index (χ1n) is 7.40. The molecule has 102 valence electrons. The van der Waals surface area contributed by atoms with Crippen LogP contribution >= 0.6 is 0 Å². The molecule has 1 aromatic rings. The molecule has 18 heavy (non-hydrogen) atoms. The van der Waals surface area contributed by atoms with Crippen LogP contribution < -0.4 is 10.2 Å². The van der Waals surface area contributed by atoms with Crippen LogP contribution in [0.1, 0.15) is 46.5 Å².